The Labute approximate surface area is 559 Å². The number of benzene rings is 3. The second kappa shape index (κ2) is 28.6. The zero-order valence-corrected chi connectivity index (χ0v) is 55.6. The van der Waals surface area contributed by atoms with Crippen molar-refractivity contribution in [2.75, 3.05) is 22.5 Å². The molecule has 0 radical (unpaired) electrons. The highest BCUT2D eigenvalue weighted by atomic mass is 35.5. The third-order valence-corrected chi connectivity index (χ3v) is 19.3. The van der Waals surface area contributed by atoms with Crippen molar-refractivity contribution in [1.82, 2.24) is 29.7 Å². The van der Waals surface area contributed by atoms with Crippen LogP contribution in [0.2, 0.25) is 15.1 Å². The minimum Gasteiger partial charge on any atom is -0.391 e. The molecule has 0 spiro atoms. The molecule has 3 aromatic carbocycles. The normalized spacial score (nSPS) is 16.9. The largest absolute Gasteiger partial charge is 0.391 e. The maximum absolute atomic E-state index is 13.5. The van der Waals surface area contributed by atoms with E-state index in [0.717, 1.165) is 19.3 Å². The smallest absolute Gasteiger partial charge is 0.294 e. The van der Waals surface area contributed by atoms with Crippen LogP contribution in [-0.2, 0) is 53.3 Å². The number of aromatic nitrogens is 3. The Morgan fingerprint density at radius 3 is 1.25 bits per heavy atom. The number of ketones is 3. The SMILES string of the molecule is CCC(C)(C)CNC(=O)C(=O)c1c(Cl)c(C(=O)Nc2ccc(F)c(C)c2)c2n1CCC2.CCC1(NC(=O)C(=O)c2c(Cl)c(C(=O)Nc3ccc(F)c(C)c3)c3n2CCC3)CC(F)(F)C1.Cc1cc(NC(=O)c2c(Cl)c(C(=O)C(=O)N[C@H]3CCC[C@H]3O)n3c2CCC3)ccc1F. The fourth-order valence-corrected chi connectivity index (χ4v) is 13.7. The minimum absolute atomic E-state index is 0.0143. The van der Waals surface area contributed by atoms with Gasteiger partial charge >= 0.3 is 0 Å². The van der Waals surface area contributed by atoms with E-state index in [2.05, 4.69) is 31.9 Å². The number of rotatable bonds is 18. The summed E-state index contributed by atoms with van der Waals surface area (Å²) in [6, 6.07) is 12.1. The molecule has 0 saturated heterocycles. The van der Waals surface area contributed by atoms with Gasteiger partial charge < -0.3 is 50.7 Å². The van der Waals surface area contributed by atoms with E-state index in [1.54, 1.807) is 41.4 Å². The number of anilines is 3. The van der Waals surface area contributed by atoms with Crippen LogP contribution in [0.15, 0.2) is 54.6 Å². The maximum Gasteiger partial charge on any atom is 0.294 e. The van der Waals surface area contributed by atoms with Gasteiger partial charge in [-0.3, -0.25) is 43.2 Å². The van der Waals surface area contributed by atoms with Gasteiger partial charge in [0, 0.05) is 73.2 Å². The molecule has 6 aromatic rings. The summed E-state index contributed by atoms with van der Waals surface area (Å²) in [7, 11) is 0. The van der Waals surface area contributed by atoms with E-state index in [9.17, 15) is 70.2 Å². The van der Waals surface area contributed by atoms with Gasteiger partial charge in [0.15, 0.2) is 0 Å². The Hall–Kier alpha value is -8.19. The zero-order valence-electron chi connectivity index (χ0n) is 53.4. The molecule has 95 heavy (non-hydrogen) atoms. The number of aryl methyl sites for hydroxylation is 3. The van der Waals surface area contributed by atoms with Crippen molar-refractivity contribution in [1.29, 1.82) is 0 Å². The van der Waals surface area contributed by atoms with Crippen molar-refractivity contribution in [2.45, 2.75) is 175 Å². The summed E-state index contributed by atoms with van der Waals surface area (Å²) in [5, 5.41) is 25.5. The number of hydrogen-bond acceptors (Lipinski definition) is 10. The number of fused-ring (bicyclic) bond motifs is 3. The number of amides is 6. The van der Waals surface area contributed by atoms with Crippen molar-refractivity contribution >= 4 is 105 Å². The molecule has 0 bridgehead atoms. The first kappa shape index (κ1) is 71.1. The second-order valence-electron chi connectivity index (χ2n) is 25.5. The van der Waals surface area contributed by atoms with Crippen LogP contribution in [0.25, 0.3) is 0 Å². The van der Waals surface area contributed by atoms with Crippen LogP contribution >= 0.6 is 34.8 Å². The quantitative estimate of drug-likeness (QED) is 0.0243. The van der Waals surface area contributed by atoms with Gasteiger partial charge in [-0.05, 0) is 168 Å². The molecular weight excluding hydrogens is 1300 g/mol. The molecule has 506 valence electrons. The summed E-state index contributed by atoms with van der Waals surface area (Å²) in [4.78, 5) is 116. The van der Waals surface area contributed by atoms with Gasteiger partial charge in [0.05, 0.1) is 49.4 Å². The molecule has 3 aliphatic heterocycles. The van der Waals surface area contributed by atoms with Crippen LogP contribution < -0.4 is 31.9 Å². The van der Waals surface area contributed by atoms with Crippen molar-refractivity contribution in [3.8, 4) is 0 Å². The predicted octanol–water partition coefficient (Wildman–Crippen LogP) is 12.2. The number of nitrogens with one attached hydrogen (secondary N) is 6. The molecular formula is C68H73Cl3F5N9O10. The molecule has 7 N–H and O–H groups in total. The minimum atomic E-state index is -2.87. The molecule has 11 rings (SSSR count). The Bertz CT molecular complexity index is 4130. The zero-order chi connectivity index (χ0) is 69.3. The Balaban J connectivity index is 0.000000168. The lowest BCUT2D eigenvalue weighted by Crippen LogP contribution is -2.63. The molecule has 19 nitrogen and oxygen atoms in total. The lowest BCUT2D eigenvalue weighted by Gasteiger charge is -2.47. The van der Waals surface area contributed by atoms with E-state index in [0.29, 0.717) is 122 Å². The highest BCUT2D eigenvalue weighted by Crippen LogP contribution is 2.48. The lowest BCUT2D eigenvalue weighted by molar-refractivity contribution is -0.145. The average Bonchev–Trinajstić information content (AvgIpc) is 1.73. The lowest BCUT2D eigenvalue weighted by atomic mass is 9.71. The number of nitrogens with zero attached hydrogens (tertiary/aromatic N) is 3. The predicted molar refractivity (Wildman–Crippen MR) is 348 cm³/mol. The summed E-state index contributed by atoms with van der Waals surface area (Å²) in [5.74, 6) is -10.8. The molecule has 0 unspecified atom stereocenters. The highest BCUT2D eigenvalue weighted by molar-refractivity contribution is 6.49. The number of alkyl halides is 2. The molecule has 6 amide bonds. The first-order valence-electron chi connectivity index (χ1n) is 31.4. The summed E-state index contributed by atoms with van der Waals surface area (Å²) in [6.45, 7) is 14.2. The monoisotopic (exact) mass is 1380 g/mol. The molecule has 6 heterocycles. The Morgan fingerprint density at radius 1 is 0.558 bits per heavy atom. The number of hydrogen-bond donors (Lipinski definition) is 7. The van der Waals surface area contributed by atoms with Gasteiger partial charge in [-0.25, -0.2) is 22.0 Å². The fraction of sp³-hybridized carbons (Fsp3) is 0.426. The van der Waals surface area contributed by atoms with Gasteiger partial charge in [0.25, 0.3) is 58.7 Å². The van der Waals surface area contributed by atoms with Gasteiger partial charge in [0.1, 0.15) is 34.5 Å². The topological polar surface area (TPSA) is 261 Å². The van der Waals surface area contributed by atoms with Crippen molar-refractivity contribution < 1.29 is 70.2 Å². The van der Waals surface area contributed by atoms with Crippen molar-refractivity contribution in [3.05, 3.63) is 155 Å². The van der Waals surface area contributed by atoms with E-state index >= 15 is 0 Å². The van der Waals surface area contributed by atoms with E-state index in [1.807, 2.05) is 20.8 Å². The van der Waals surface area contributed by atoms with Crippen LogP contribution in [0.1, 0.15) is 188 Å². The maximum atomic E-state index is 13.5. The number of aliphatic hydroxyl groups is 1. The number of Topliss-reactive ketones (excluding diaryl/α,β-unsaturated/α-hetero) is 3. The highest BCUT2D eigenvalue weighted by Gasteiger charge is 2.57. The molecule has 3 aromatic heterocycles. The van der Waals surface area contributed by atoms with Crippen LogP contribution in [0, 0.1) is 43.6 Å². The van der Waals surface area contributed by atoms with E-state index < -0.39 is 95.1 Å². The van der Waals surface area contributed by atoms with E-state index in [4.69, 9.17) is 34.8 Å². The summed E-state index contributed by atoms with van der Waals surface area (Å²) >= 11 is 19.4. The summed E-state index contributed by atoms with van der Waals surface area (Å²) < 4.78 is 72.3. The molecule has 2 fully saturated rings. The third kappa shape index (κ3) is 15.1. The molecule has 2 saturated carbocycles. The molecule has 27 heteroatoms. The number of halogens is 8. The fourth-order valence-electron chi connectivity index (χ4n) is 12.6. The van der Waals surface area contributed by atoms with Crippen LogP contribution in [0.3, 0.4) is 0 Å². The molecule has 5 aliphatic rings. The van der Waals surface area contributed by atoms with E-state index in [1.165, 1.54) is 54.6 Å². The summed E-state index contributed by atoms with van der Waals surface area (Å²) in [6.07, 6.45) is 5.02. The number of aliphatic hydroxyl groups excluding tert-OH is 1. The average molecular weight is 1380 g/mol. The van der Waals surface area contributed by atoms with Crippen LogP contribution in [-0.4, -0.2) is 102 Å². The summed E-state index contributed by atoms with van der Waals surface area (Å²) in [5.41, 5.74) is 3.10. The van der Waals surface area contributed by atoms with Crippen LogP contribution in [0.4, 0.5) is 39.0 Å². The first-order chi connectivity index (χ1) is 44.8. The van der Waals surface area contributed by atoms with Crippen molar-refractivity contribution in [2.24, 2.45) is 5.41 Å². The molecule has 2 aliphatic carbocycles. The molecule has 2 atom stereocenters. The standard InChI is InChI=1S/C23H23ClF3N3O3.C23H27ClFN3O3.C22H23ClFN3O4/c1-3-22(10-23(26,27)11-22)29-21(33)19(31)18-17(24)16(15-5-4-8-30(15)18)20(32)28-13-6-7-14(25)12(2)9-13;1-5-23(3,4)12-26-22(31)20(29)19-18(24)17(16-7-6-10-28(16)19)21(30)27-14-8-9-15(25)13(2)11-14;1-11-10-12(7-8-13(11)24)25-21(30)17-15-5-3-9-27(15)19(18(17)23)20(29)22(31)26-14-4-2-6-16(14)28/h6-7,9H,3-5,8,10-11H2,1-2H3,(H,28,32)(H,29,33);8-9,11H,5-7,10,12H2,1-4H3,(H,26,31)(H,27,30);7-8,10,14,16,28H,2-6,9H2,1H3,(H,25,30)(H,26,31)/t;;14-,16+/m..0/s1. The number of carbonyl (C=O) groups is 9. The second-order valence-corrected chi connectivity index (χ2v) is 26.7. The Morgan fingerprint density at radius 2 is 0.926 bits per heavy atom. The van der Waals surface area contributed by atoms with Gasteiger partial charge in [-0.2, -0.15) is 0 Å². The number of carbonyl (C=O) groups excluding carboxylic acids is 9. The van der Waals surface area contributed by atoms with Crippen LogP contribution in [0.5, 0.6) is 0 Å². The Kier molecular flexibility index (Phi) is 21.4. The van der Waals surface area contributed by atoms with Gasteiger partial charge in [-0.1, -0.05) is 62.5 Å². The first-order valence-corrected chi connectivity index (χ1v) is 32.5. The third-order valence-electron chi connectivity index (χ3n) is 18.2. The van der Waals surface area contributed by atoms with Gasteiger partial charge in [0.2, 0.25) is 0 Å². The van der Waals surface area contributed by atoms with E-state index in [-0.39, 0.29) is 72.3 Å². The van der Waals surface area contributed by atoms with Crippen molar-refractivity contribution in [3.63, 3.8) is 0 Å². The van der Waals surface area contributed by atoms with Gasteiger partial charge in [-0.15, -0.1) is 0 Å².